The average molecular weight is 351 g/mol. The number of anilines is 1. The molecule has 1 aromatic carbocycles. The molecule has 0 bridgehead atoms. The maximum absolute atomic E-state index is 12.5. The molecule has 2 amide bonds. The van der Waals surface area contributed by atoms with E-state index < -0.39 is 10.8 Å². The molecule has 1 fully saturated rings. The van der Waals surface area contributed by atoms with Gasteiger partial charge in [-0.05, 0) is 13.0 Å². The number of carbonyl (C=O) groups is 2. The lowest BCUT2D eigenvalue weighted by molar-refractivity contribution is -0.384. The van der Waals surface area contributed by atoms with Crippen molar-refractivity contribution in [2.45, 2.75) is 19.4 Å². The van der Waals surface area contributed by atoms with Gasteiger partial charge in [0.25, 0.3) is 5.69 Å². The normalized spacial score (nSPS) is 18.1. The van der Waals surface area contributed by atoms with Crippen LogP contribution >= 0.6 is 0 Å². The predicted molar refractivity (Wildman–Crippen MR) is 89.4 cm³/mol. The van der Waals surface area contributed by atoms with Crippen molar-refractivity contribution in [3.05, 3.63) is 28.3 Å². The fraction of sp³-hybridized carbons (Fsp3) is 0.500. The summed E-state index contributed by atoms with van der Waals surface area (Å²) in [4.78, 5) is 36.4. The summed E-state index contributed by atoms with van der Waals surface area (Å²) in [5.41, 5.74) is 0.194. The van der Waals surface area contributed by atoms with Gasteiger partial charge in [-0.25, -0.2) is 0 Å². The molecule has 0 saturated carbocycles. The molecule has 1 N–H and O–H groups in total. The van der Waals surface area contributed by atoms with Crippen LogP contribution in [0.2, 0.25) is 0 Å². The topological polar surface area (TPSA) is 111 Å². The monoisotopic (exact) mass is 351 g/mol. The van der Waals surface area contributed by atoms with Gasteiger partial charge >= 0.3 is 0 Å². The molecular weight excluding hydrogens is 330 g/mol. The Labute approximate surface area is 145 Å². The molecule has 25 heavy (non-hydrogen) atoms. The second-order valence-electron chi connectivity index (χ2n) is 5.88. The summed E-state index contributed by atoms with van der Waals surface area (Å²) < 4.78 is 10.1. The Morgan fingerprint density at radius 1 is 1.48 bits per heavy atom. The van der Waals surface area contributed by atoms with E-state index in [-0.39, 0.29) is 35.7 Å². The second-order valence-corrected chi connectivity index (χ2v) is 5.88. The largest absolute Gasteiger partial charge is 0.494 e. The number of non-ortho nitro benzene ring substituents is 1. The van der Waals surface area contributed by atoms with E-state index in [2.05, 4.69) is 5.32 Å². The minimum absolute atomic E-state index is 0.0969. The highest BCUT2D eigenvalue weighted by Gasteiger charge is 2.36. The summed E-state index contributed by atoms with van der Waals surface area (Å²) in [5, 5.41) is 13.5. The molecule has 9 nitrogen and oxygen atoms in total. The summed E-state index contributed by atoms with van der Waals surface area (Å²) in [6, 6.07) is 3.83. The van der Waals surface area contributed by atoms with Crippen molar-refractivity contribution in [2.24, 2.45) is 5.92 Å². The lowest BCUT2D eigenvalue weighted by atomic mass is 10.1. The van der Waals surface area contributed by atoms with E-state index in [1.807, 2.05) is 6.92 Å². The van der Waals surface area contributed by atoms with E-state index in [9.17, 15) is 19.7 Å². The summed E-state index contributed by atoms with van der Waals surface area (Å²) in [7, 11) is 2.92. The van der Waals surface area contributed by atoms with Gasteiger partial charge in [0.1, 0.15) is 5.75 Å². The van der Waals surface area contributed by atoms with Gasteiger partial charge in [-0.3, -0.25) is 19.7 Å². The second kappa shape index (κ2) is 7.93. The highest BCUT2D eigenvalue weighted by atomic mass is 16.6. The highest BCUT2D eigenvalue weighted by molar-refractivity contribution is 5.98. The summed E-state index contributed by atoms with van der Waals surface area (Å²) >= 11 is 0. The molecule has 1 aromatic rings. The number of nitro benzene ring substituents is 1. The molecule has 0 spiro atoms. The predicted octanol–water partition coefficient (Wildman–Crippen LogP) is 1.43. The molecule has 2 atom stereocenters. The van der Waals surface area contributed by atoms with Crippen LogP contribution < -0.4 is 10.1 Å². The van der Waals surface area contributed by atoms with E-state index in [0.717, 1.165) is 0 Å². The molecule has 2 rings (SSSR count). The van der Waals surface area contributed by atoms with Gasteiger partial charge in [0.15, 0.2) is 0 Å². The summed E-state index contributed by atoms with van der Waals surface area (Å²) in [5.74, 6) is -0.726. The number of hydrogen-bond donors (Lipinski definition) is 1. The van der Waals surface area contributed by atoms with Gasteiger partial charge in [0, 0.05) is 26.1 Å². The van der Waals surface area contributed by atoms with Gasteiger partial charge in [-0.15, -0.1) is 0 Å². The third kappa shape index (κ3) is 4.24. The van der Waals surface area contributed by atoms with E-state index in [0.29, 0.717) is 18.8 Å². The minimum Gasteiger partial charge on any atom is -0.494 e. The fourth-order valence-electron chi connectivity index (χ4n) is 2.80. The lowest BCUT2D eigenvalue weighted by Gasteiger charge is -2.24. The van der Waals surface area contributed by atoms with Crippen molar-refractivity contribution in [1.82, 2.24) is 4.90 Å². The van der Waals surface area contributed by atoms with Crippen molar-refractivity contribution < 1.29 is 24.0 Å². The molecule has 1 aliphatic rings. The molecule has 0 aromatic heterocycles. The van der Waals surface area contributed by atoms with Crippen LogP contribution in [0.25, 0.3) is 0 Å². The van der Waals surface area contributed by atoms with Crippen LogP contribution in [0, 0.1) is 16.0 Å². The first kappa shape index (κ1) is 18.7. The maximum atomic E-state index is 12.5. The number of nitrogens with zero attached hydrogens (tertiary/aromatic N) is 2. The first-order valence-electron chi connectivity index (χ1n) is 7.79. The Bertz CT molecular complexity index is 678. The maximum Gasteiger partial charge on any atom is 0.273 e. The summed E-state index contributed by atoms with van der Waals surface area (Å²) in [6.07, 6.45) is 0.120. The van der Waals surface area contributed by atoms with Crippen LogP contribution in [0.1, 0.15) is 13.3 Å². The minimum atomic E-state index is -0.543. The van der Waals surface area contributed by atoms with Gasteiger partial charge in [0.2, 0.25) is 11.8 Å². The van der Waals surface area contributed by atoms with Crippen LogP contribution in [0.3, 0.4) is 0 Å². The van der Waals surface area contributed by atoms with E-state index in [1.165, 1.54) is 25.3 Å². The van der Waals surface area contributed by atoms with E-state index in [4.69, 9.17) is 9.47 Å². The highest BCUT2D eigenvalue weighted by Crippen LogP contribution is 2.30. The van der Waals surface area contributed by atoms with Crippen molar-refractivity contribution in [2.75, 3.05) is 32.7 Å². The summed E-state index contributed by atoms with van der Waals surface area (Å²) in [6.45, 7) is 2.57. The molecule has 1 saturated heterocycles. The number of amides is 2. The smallest absolute Gasteiger partial charge is 0.273 e. The van der Waals surface area contributed by atoms with Crippen LogP contribution in [0.15, 0.2) is 18.2 Å². The molecular formula is C16H21N3O6. The van der Waals surface area contributed by atoms with E-state index >= 15 is 0 Å². The van der Waals surface area contributed by atoms with Crippen LogP contribution in [-0.2, 0) is 14.3 Å². The first-order chi connectivity index (χ1) is 11.9. The third-order valence-corrected chi connectivity index (χ3v) is 4.12. The number of nitro groups is 1. The number of benzene rings is 1. The Balaban J connectivity index is 2.08. The van der Waals surface area contributed by atoms with Crippen molar-refractivity contribution in [3.63, 3.8) is 0 Å². The van der Waals surface area contributed by atoms with Gasteiger partial charge in [0.05, 0.1) is 42.4 Å². The standard InChI is InChI=1S/C16H21N3O6/c1-10(9-24-2)18-8-11(6-15(18)20)16(21)17-13-5-4-12(19(22)23)7-14(13)25-3/h4-5,7,10-11H,6,8-9H2,1-3H3,(H,17,21)/t10-,11-/m1/s1. The number of ether oxygens (including phenoxy) is 2. The molecule has 0 aliphatic carbocycles. The zero-order valence-corrected chi connectivity index (χ0v) is 14.4. The Morgan fingerprint density at radius 3 is 2.80 bits per heavy atom. The Morgan fingerprint density at radius 2 is 2.20 bits per heavy atom. The average Bonchev–Trinajstić information content (AvgIpc) is 2.97. The SMILES string of the molecule is COC[C@@H](C)N1C[C@H](C(=O)Nc2ccc([N+](=O)[O-])cc2OC)CC1=O. The Hall–Kier alpha value is -2.68. The van der Waals surface area contributed by atoms with Crippen molar-refractivity contribution >= 4 is 23.2 Å². The zero-order valence-electron chi connectivity index (χ0n) is 14.4. The number of likely N-dealkylation sites (tertiary alicyclic amines) is 1. The molecule has 9 heteroatoms. The number of carbonyl (C=O) groups excluding carboxylic acids is 2. The van der Waals surface area contributed by atoms with Crippen LogP contribution in [0.4, 0.5) is 11.4 Å². The van der Waals surface area contributed by atoms with Gasteiger partial charge in [-0.2, -0.15) is 0 Å². The van der Waals surface area contributed by atoms with Gasteiger partial charge in [-0.1, -0.05) is 0 Å². The molecule has 0 unspecified atom stereocenters. The first-order valence-corrected chi connectivity index (χ1v) is 7.79. The molecule has 1 aliphatic heterocycles. The Kier molecular flexibility index (Phi) is 5.92. The molecule has 1 heterocycles. The number of hydrogen-bond acceptors (Lipinski definition) is 6. The van der Waals surface area contributed by atoms with Gasteiger partial charge < -0.3 is 19.7 Å². The van der Waals surface area contributed by atoms with E-state index in [1.54, 1.807) is 12.0 Å². The van der Waals surface area contributed by atoms with Crippen molar-refractivity contribution in [1.29, 1.82) is 0 Å². The lowest BCUT2D eigenvalue weighted by Crippen LogP contribution is -2.38. The molecule has 0 radical (unpaired) electrons. The number of nitrogens with one attached hydrogen (secondary N) is 1. The zero-order chi connectivity index (χ0) is 18.6. The van der Waals surface area contributed by atoms with Crippen LogP contribution in [-0.4, -0.2) is 55.1 Å². The number of rotatable bonds is 7. The van der Waals surface area contributed by atoms with Crippen molar-refractivity contribution in [3.8, 4) is 5.75 Å². The number of methoxy groups -OCH3 is 2. The fourth-order valence-corrected chi connectivity index (χ4v) is 2.80. The third-order valence-electron chi connectivity index (χ3n) is 4.12. The molecule has 136 valence electrons. The van der Waals surface area contributed by atoms with Crippen LogP contribution in [0.5, 0.6) is 5.75 Å². The quantitative estimate of drug-likeness (QED) is 0.587.